The number of benzene rings is 1. The maximum absolute atomic E-state index is 9.30. The zero-order chi connectivity index (χ0) is 15.2. The second kappa shape index (κ2) is 7.71. The number of aliphatic hydroxyl groups is 1. The Morgan fingerprint density at radius 2 is 2.29 bits per heavy atom. The normalized spacial score (nSPS) is 18.8. The van der Waals surface area contributed by atoms with Crippen LogP contribution >= 0.6 is 11.8 Å². The van der Waals surface area contributed by atoms with Crippen molar-refractivity contribution in [3.63, 3.8) is 0 Å². The Bertz CT molecular complexity index is 490. The summed E-state index contributed by atoms with van der Waals surface area (Å²) in [5.74, 6) is 1.10. The quantitative estimate of drug-likeness (QED) is 0.429. The first-order valence-corrected chi connectivity index (χ1v) is 8.65. The van der Waals surface area contributed by atoms with Crippen molar-refractivity contribution >= 4 is 23.3 Å². The molecule has 1 atom stereocenters. The molecule has 1 saturated heterocycles. The van der Waals surface area contributed by atoms with Crippen molar-refractivity contribution in [3.8, 4) is 0 Å². The van der Waals surface area contributed by atoms with E-state index < -0.39 is 0 Å². The van der Waals surface area contributed by atoms with Gasteiger partial charge in [-0.1, -0.05) is 13.0 Å². The van der Waals surface area contributed by atoms with Crippen LogP contribution in [0.15, 0.2) is 23.1 Å². The van der Waals surface area contributed by atoms with Gasteiger partial charge in [-0.25, -0.2) is 0 Å². The number of nitrogens with one attached hydrogen (secondary N) is 1. The molecule has 0 aromatic heterocycles. The third-order valence-electron chi connectivity index (χ3n) is 3.97. The maximum Gasteiger partial charge on any atom is 0.126 e. The molecule has 116 valence electrons. The van der Waals surface area contributed by atoms with Crippen LogP contribution < -0.4 is 10.6 Å². The number of rotatable bonds is 6. The van der Waals surface area contributed by atoms with Crippen molar-refractivity contribution in [1.82, 2.24) is 0 Å². The van der Waals surface area contributed by atoms with Gasteiger partial charge in [-0.3, -0.25) is 5.41 Å². The molecular weight excluding hydrogens is 282 g/mol. The van der Waals surface area contributed by atoms with Gasteiger partial charge in [0, 0.05) is 29.8 Å². The Hall–Kier alpha value is -1.20. The first kappa shape index (κ1) is 16.2. The van der Waals surface area contributed by atoms with Gasteiger partial charge in [-0.2, -0.15) is 0 Å². The van der Waals surface area contributed by atoms with Crippen LogP contribution in [0.25, 0.3) is 0 Å². The highest BCUT2D eigenvalue weighted by molar-refractivity contribution is 7.99. The average Bonchev–Trinajstić information content (AvgIpc) is 2.48. The lowest BCUT2D eigenvalue weighted by atomic mass is 9.97. The molecule has 0 saturated carbocycles. The zero-order valence-electron chi connectivity index (χ0n) is 12.6. The Balaban J connectivity index is 2.40. The molecular formula is C16H25N3OS. The summed E-state index contributed by atoms with van der Waals surface area (Å²) < 4.78 is 0. The number of aliphatic hydroxyl groups excluding tert-OH is 1. The highest BCUT2D eigenvalue weighted by Gasteiger charge is 2.25. The molecule has 5 heteroatoms. The van der Waals surface area contributed by atoms with Gasteiger partial charge >= 0.3 is 0 Å². The molecule has 1 aliphatic rings. The fourth-order valence-corrected chi connectivity index (χ4v) is 3.92. The van der Waals surface area contributed by atoms with Gasteiger partial charge in [0.15, 0.2) is 0 Å². The van der Waals surface area contributed by atoms with Crippen LogP contribution in [0.3, 0.4) is 0 Å². The van der Waals surface area contributed by atoms with Crippen LogP contribution in [-0.4, -0.2) is 35.9 Å². The number of thioether (sulfide) groups is 1. The number of hydrogen-bond donors (Lipinski definition) is 3. The summed E-state index contributed by atoms with van der Waals surface area (Å²) in [6.45, 7) is 3.29. The Morgan fingerprint density at radius 1 is 1.48 bits per heavy atom. The van der Waals surface area contributed by atoms with Crippen molar-refractivity contribution < 1.29 is 5.11 Å². The molecule has 0 radical (unpaired) electrons. The minimum absolute atomic E-state index is 0.134. The Kier molecular flexibility index (Phi) is 5.94. The lowest BCUT2D eigenvalue weighted by Crippen LogP contribution is -2.41. The number of nitrogens with zero attached hydrogens (tertiary/aromatic N) is 1. The van der Waals surface area contributed by atoms with E-state index in [1.54, 1.807) is 11.8 Å². The van der Waals surface area contributed by atoms with Crippen LogP contribution in [0.1, 0.15) is 38.2 Å². The molecule has 0 amide bonds. The van der Waals surface area contributed by atoms with Crippen molar-refractivity contribution in [1.29, 1.82) is 5.41 Å². The predicted octanol–water partition coefficient (Wildman–Crippen LogP) is 2.82. The van der Waals surface area contributed by atoms with Gasteiger partial charge in [0.25, 0.3) is 0 Å². The number of piperidine rings is 1. The minimum Gasteiger partial charge on any atom is -0.396 e. The monoisotopic (exact) mass is 307 g/mol. The lowest BCUT2D eigenvalue weighted by Gasteiger charge is -2.38. The second-order valence-corrected chi connectivity index (χ2v) is 6.66. The van der Waals surface area contributed by atoms with Gasteiger partial charge in [0.1, 0.15) is 5.84 Å². The predicted molar refractivity (Wildman–Crippen MR) is 90.5 cm³/mol. The van der Waals surface area contributed by atoms with E-state index in [9.17, 15) is 5.11 Å². The van der Waals surface area contributed by atoms with E-state index in [0.717, 1.165) is 47.7 Å². The molecule has 0 spiro atoms. The summed E-state index contributed by atoms with van der Waals surface area (Å²) >= 11 is 1.73. The fourth-order valence-electron chi connectivity index (χ4n) is 3.07. The number of amidine groups is 1. The molecule has 1 aliphatic heterocycles. The minimum atomic E-state index is 0.134. The largest absolute Gasteiger partial charge is 0.396 e. The highest BCUT2D eigenvalue weighted by Crippen LogP contribution is 2.34. The third-order valence-corrected chi connectivity index (χ3v) is 4.91. The van der Waals surface area contributed by atoms with E-state index in [2.05, 4.69) is 17.9 Å². The zero-order valence-corrected chi connectivity index (χ0v) is 13.5. The Morgan fingerprint density at radius 3 is 2.95 bits per heavy atom. The van der Waals surface area contributed by atoms with Crippen molar-refractivity contribution in [3.05, 3.63) is 23.8 Å². The van der Waals surface area contributed by atoms with E-state index in [-0.39, 0.29) is 12.4 Å². The lowest BCUT2D eigenvalue weighted by molar-refractivity contribution is 0.262. The average molecular weight is 307 g/mol. The molecule has 1 aromatic carbocycles. The summed E-state index contributed by atoms with van der Waals surface area (Å²) in [6.07, 6.45) is 4.25. The molecule has 2 rings (SSSR count). The Labute approximate surface area is 131 Å². The molecule has 21 heavy (non-hydrogen) atoms. The topological polar surface area (TPSA) is 73.3 Å². The second-order valence-electron chi connectivity index (χ2n) is 5.35. The molecule has 4 N–H and O–H groups in total. The molecule has 0 aliphatic carbocycles. The standard InChI is InChI=1S/C16H25N3OS/c1-2-21-14-8-5-7-13(15(14)16(17)18)19-10-4-3-6-12(19)9-11-20/h5,7-8,12,20H,2-4,6,9-11H2,1H3,(H3,17,18). The van der Waals surface area contributed by atoms with Gasteiger partial charge in [0.2, 0.25) is 0 Å². The first-order valence-electron chi connectivity index (χ1n) is 7.66. The van der Waals surface area contributed by atoms with Crippen molar-refractivity contribution in [2.75, 3.05) is 23.8 Å². The van der Waals surface area contributed by atoms with Gasteiger partial charge in [-0.15, -0.1) is 11.8 Å². The van der Waals surface area contributed by atoms with Crippen LogP contribution in [-0.2, 0) is 0 Å². The first-order chi connectivity index (χ1) is 10.2. The maximum atomic E-state index is 9.30. The number of nitrogens with two attached hydrogens (primary N) is 1. The van der Waals surface area contributed by atoms with Crippen LogP contribution in [0.5, 0.6) is 0 Å². The molecule has 4 nitrogen and oxygen atoms in total. The fraction of sp³-hybridized carbons (Fsp3) is 0.562. The van der Waals surface area contributed by atoms with Crippen molar-refractivity contribution in [2.24, 2.45) is 5.73 Å². The van der Waals surface area contributed by atoms with E-state index in [0.29, 0.717) is 6.04 Å². The number of hydrogen-bond acceptors (Lipinski definition) is 4. The van der Waals surface area contributed by atoms with Crippen LogP contribution in [0, 0.1) is 5.41 Å². The van der Waals surface area contributed by atoms with Crippen LogP contribution in [0.4, 0.5) is 5.69 Å². The van der Waals surface area contributed by atoms with Crippen molar-refractivity contribution in [2.45, 2.75) is 43.5 Å². The van der Waals surface area contributed by atoms with E-state index in [4.69, 9.17) is 11.1 Å². The SMILES string of the molecule is CCSc1cccc(N2CCCCC2CCO)c1C(=N)N. The highest BCUT2D eigenvalue weighted by atomic mass is 32.2. The summed E-state index contributed by atoms with van der Waals surface area (Å²) in [6, 6.07) is 6.50. The van der Waals surface area contributed by atoms with E-state index in [1.807, 2.05) is 12.1 Å². The third kappa shape index (κ3) is 3.71. The summed E-state index contributed by atoms with van der Waals surface area (Å²) in [7, 11) is 0. The number of nitrogen functional groups attached to an aromatic ring is 1. The summed E-state index contributed by atoms with van der Waals surface area (Å²) in [4.78, 5) is 3.42. The number of anilines is 1. The molecule has 1 unspecified atom stereocenters. The molecule has 0 bridgehead atoms. The molecule has 1 fully saturated rings. The van der Waals surface area contributed by atoms with Gasteiger partial charge in [0.05, 0.1) is 5.56 Å². The summed E-state index contributed by atoms with van der Waals surface area (Å²) in [5.41, 5.74) is 7.78. The van der Waals surface area contributed by atoms with E-state index in [1.165, 1.54) is 6.42 Å². The molecule has 1 aromatic rings. The van der Waals surface area contributed by atoms with E-state index >= 15 is 0 Å². The molecule has 1 heterocycles. The smallest absolute Gasteiger partial charge is 0.126 e. The van der Waals surface area contributed by atoms with Crippen LogP contribution in [0.2, 0.25) is 0 Å². The van der Waals surface area contributed by atoms with Gasteiger partial charge in [-0.05, 0) is 43.6 Å². The summed E-state index contributed by atoms with van der Waals surface area (Å²) in [5, 5.41) is 17.3. The van der Waals surface area contributed by atoms with Gasteiger partial charge < -0.3 is 15.7 Å².